The molecule has 1 amide bonds. The number of rotatable bonds is 6. The van der Waals surface area contributed by atoms with Crippen molar-refractivity contribution in [1.82, 2.24) is 20.2 Å². The second-order valence-electron chi connectivity index (χ2n) is 5.54. The van der Waals surface area contributed by atoms with Crippen molar-refractivity contribution in [3.05, 3.63) is 36.3 Å². The van der Waals surface area contributed by atoms with Crippen LogP contribution in [0.4, 0.5) is 11.5 Å². The van der Waals surface area contributed by atoms with Gasteiger partial charge in [-0.05, 0) is 26.2 Å². The van der Waals surface area contributed by atoms with Crippen LogP contribution in [0.1, 0.15) is 10.5 Å². The molecule has 0 fully saturated rings. The van der Waals surface area contributed by atoms with Gasteiger partial charge in [-0.25, -0.2) is 9.97 Å². The maximum absolute atomic E-state index is 12.1. The number of benzene rings is 1. The largest absolute Gasteiger partial charge is 0.454 e. The first kappa shape index (κ1) is 16.0. The summed E-state index contributed by atoms with van der Waals surface area (Å²) < 4.78 is 10.6. The van der Waals surface area contributed by atoms with Crippen molar-refractivity contribution < 1.29 is 14.3 Å². The number of carbonyl (C=O) groups excluding carboxylic acids is 1. The topological polar surface area (TPSA) is 88.6 Å². The molecule has 0 aliphatic carbocycles. The third kappa shape index (κ3) is 3.90. The molecule has 0 spiro atoms. The zero-order valence-electron chi connectivity index (χ0n) is 13.6. The Bertz CT molecular complexity index is 735. The minimum Gasteiger partial charge on any atom is -0.454 e. The lowest BCUT2D eigenvalue weighted by Crippen LogP contribution is -2.31. The summed E-state index contributed by atoms with van der Waals surface area (Å²) in [4.78, 5) is 22.2. The second kappa shape index (κ2) is 7.14. The number of amides is 1. The van der Waals surface area contributed by atoms with E-state index in [4.69, 9.17) is 9.47 Å². The summed E-state index contributed by atoms with van der Waals surface area (Å²) in [6.45, 7) is 1.55. The van der Waals surface area contributed by atoms with Gasteiger partial charge in [0.25, 0.3) is 5.91 Å². The zero-order valence-corrected chi connectivity index (χ0v) is 13.6. The van der Waals surface area contributed by atoms with Gasteiger partial charge in [-0.3, -0.25) is 4.79 Å². The van der Waals surface area contributed by atoms with Crippen LogP contribution in [0.15, 0.2) is 30.6 Å². The first-order chi connectivity index (χ1) is 11.6. The number of nitrogens with one attached hydrogen (secondary N) is 2. The predicted molar refractivity (Wildman–Crippen MR) is 88.8 cm³/mol. The fraction of sp³-hybridized carbons (Fsp3) is 0.312. The zero-order chi connectivity index (χ0) is 16.9. The van der Waals surface area contributed by atoms with Crippen LogP contribution in [0.5, 0.6) is 11.5 Å². The molecule has 8 nitrogen and oxygen atoms in total. The number of anilines is 2. The van der Waals surface area contributed by atoms with Gasteiger partial charge in [0.1, 0.15) is 17.8 Å². The highest BCUT2D eigenvalue weighted by Gasteiger charge is 2.14. The van der Waals surface area contributed by atoms with Crippen LogP contribution in [-0.2, 0) is 0 Å². The third-order valence-electron chi connectivity index (χ3n) is 3.39. The number of hydrogen-bond donors (Lipinski definition) is 2. The first-order valence-electron chi connectivity index (χ1n) is 7.53. The normalized spacial score (nSPS) is 12.3. The van der Waals surface area contributed by atoms with Crippen molar-refractivity contribution in [2.75, 3.05) is 39.3 Å². The Hall–Kier alpha value is -2.87. The molecular weight excluding hydrogens is 310 g/mol. The molecular formula is C16H19N5O3. The quantitative estimate of drug-likeness (QED) is 0.824. The van der Waals surface area contributed by atoms with E-state index in [-0.39, 0.29) is 12.7 Å². The van der Waals surface area contributed by atoms with Crippen LogP contribution in [0.25, 0.3) is 0 Å². The van der Waals surface area contributed by atoms with E-state index >= 15 is 0 Å². The van der Waals surface area contributed by atoms with Crippen LogP contribution in [0, 0.1) is 0 Å². The number of fused-ring (bicyclic) bond motifs is 1. The summed E-state index contributed by atoms with van der Waals surface area (Å²) in [5.74, 6) is 1.69. The van der Waals surface area contributed by atoms with Gasteiger partial charge in [0.2, 0.25) is 6.79 Å². The van der Waals surface area contributed by atoms with E-state index in [1.54, 1.807) is 6.07 Å². The molecule has 2 N–H and O–H groups in total. The summed E-state index contributed by atoms with van der Waals surface area (Å²) in [7, 11) is 3.90. The number of hydrogen-bond acceptors (Lipinski definition) is 7. The highest BCUT2D eigenvalue weighted by atomic mass is 16.7. The fourth-order valence-corrected chi connectivity index (χ4v) is 2.16. The summed E-state index contributed by atoms with van der Waals surface area (Å²) in [6.07, 6.45) is 1.36. The van der Waals surface area contributed by atoms with Crippen LogP contribution < -0.4 is 20.1 Å². The van der Waals surface area contributed by atoms with Gasteiger partial charge in [-0.2, -0.15) is 0 Å². The number of carbonyl (C=O) groups is 1. The van der Waals surface area contributed by atoms with Gasteiger partial charge in [0, 0.05) is 30.9 Å². The molecule has 2 aromatic rings. The molecule has 24 heavy (non-hydrogen) atoms. The Morgan fingerprint density at radius 1 is 1.21 bits per heavy atom. The van der Waals surface area contributed by atoms with Gasteiger partial charge in [0.15, 0.2) is 11.5 Å². The van der Waals surface area contributed by atoms with E-state index < -0.39 is 0 Å². The van der Waals surface area contributed by atoms with Crippen molar-refractivity contribution >= 4 is 17.4 Å². The summed E-state index contributed by atoms with van der Waals surface area (Å²) >= 11 is 0. The smallest absolute Gasteiger partial charge is 0.270 e. The molecule has 1 aliphatic heterocycles. The molecule has 0 bridgehead atoms. The molecule has 0 saturated carbocycles. The van der Waals surface area contributed by atoms with E-state index in [0.29, 0.717) is 29.6 Å². The molecule has 0 atom stereocenters. The Kier molecular flexibility index (Phi) is 4.76. The molecule has 2 heterocycles. The molecule has 8 heteroatoms. The number of aromatic nitrogens is 2. The second-order valence-corrected chi connectivity index (χ2v) is 5.54. The third-order valence-corrected chi connectivity index (χ3v) is 3.39. The lowest BCUT2D eigenvalue weighted by Gasteiger charge is -2.11. The van der Waals surface area contributed by atoms with Crippen LogP contribution in [0.3, 0.4) is 0 Å². The monoisotopic (exact) mass is 329 g/mol. The van der Waals surface area contributed by atoms with Crippen LogP contribution >= 0.6 is 0 Å². The van der Waals surface area contributed by atoms with Gasteiger partial charge in [-0.15, -0.1) is 0 Å². The summed E-state index contributed by atoms with van der Waals surface area (Å²) in [6, 6.07) is 7.10. The first-order valence-corrected chi connectivity index (χ1v) is 7.53. The van der Waals surface area contributed by atoms with E-state index in [0.717, 1.165) is 12.2 Å². The lowest BCUT2D eigenvalue weighted by molar-refractivity contribution is 0.0946. The molecule has 126 valence electrons. The fourth-order valence-electron chi connectivity index (χ4n) is 2.16. The molecule has 1 aromatic heterocycles. The van der Waals surface area contributed by atoms with Crippen molar-refractivity contribution in [1.29, 1.82) is 0 Å². The molecule has 0 radical (unpaired) electrons. The van der Waals surface area contributed by atoms with E-state index in [2.05, 4.69) is 20.6 Å². The molecule has 1 aliphatic rings. The van der Waals surface area contributed by atoms with Gasteiger partial charge < -0.3 is 25.0 Å². The van der Waals surface area contributed by atoms with E-state index in [1.807, 2.05) is 37.2 Å². The number of nitrogens with zero attached hydrogens (tertiary/aromatic N) is 3. The molecule has 0 saturated heterocycles. The maximum atomic E-state index is 12.1. The maximum Gasteiger partial charge on any atom is 0.270 e. The van der Waals surface area contributed by atoms with Crippen molar-refractivity contribution in [3.63, 3.8) is 0 Å². The highest BCUT2D eigenvalue weighted by Crippen LogP contribution is 2.34. The molecule has 3 rings (SSSR count). The predicted octanol–water partition coefficient (Wildman–Crippen LogP) is 1.24. The number of ether oxygens (including phenoxy) is 2. The highest BCUT2D eigenvalue weighted by molar-refractivity contribution is 5.92. The van der Waals surface area contributed by atoms with Crippen molar-refractivity contribution in [2.24, 2.45) is 0 Å². The lowest BCUT2D eigenvalue weighted by atomic mass is 10.2. The van der Waals surface area contributed by atoms with Crippen LogP contribution in [-0.4, -0.2) is 54.8 Å². The average molecular weight is 329 g/mol. The summed E-state index contributed by atoms with van der Waals surface area (Å²) in [5.41, 5.74) is 1.10. The number of likely N-dealkylation sites (N-methyl/N-ethyl adjacent to an activating group) is 1. The van der Waals surface area contributed by atoms with Crippen molar-refractivity contribution in [2.45, 2.75) is 0 Å². The Morgan fingerprint density at radius 3 is 2.88 bits per heavy atom. The molecule has 1 aromatic carbocycles. The minimum absolute atomic E-state index is 0.226. The van der Waals surface area contributed by atoms with Gasteiger partial charge >= 0.3 is 0 Å². The standard InChI is InChI=1S/C16H19N5O3/c1-21(2)6-5-17-16(22)12-8-15(19-9-18-12)20-11-3-4-13-14(7-11)24-10-23-13/h3-4,7-9H,5-6,10H2,1-2H3,(H,17,22)(H,18,19,20). The SMILES string of the molecule is CN(C)CCNC(=O)c1cc(Nc2ccc3c(c2)OCO3)ncn1. The van der Waals surface area contributed by atoms with Gasteiger partial charge in [0.05, 0.1) is 0 Å². The summed E-state index contributed by atoms with van der Waals surface area (Å²) in [5, 5.41) is 5.95. The van der Waals surface area contributed by atoms with E-state index in [9.17, 15) is 4.79 Å². The van der Waals surface area contributed by atoms with E-state index in [1.165, 1.54) is 6.33 Å². The average Bonchev–Trinajstić information content (AvgIpc) is 3.02. The molecule has 0 unspecified atom stereocenters. The van der Waals surface area contributed by atoms with Crippen molar-refractivity contribution in [3.8, 4) is 11.5 Å². The Morgan fingerprint density at radius 2 is 2.04 bits per heavy atom. The van der Waals surface area contributed by atoms with Crippen LogP contribution in [0.2, 0.25) is 0 Å². The Labute approximate surface area is 139 Å². The van der Waals surface area contributed by atoms with Gasteiger partial charge in [-0.1, -0.05) is 0 Å². The Balaban J connectivity index is 1.65. The minimum atomic E-state index is -0.229.